The van der Waals surface area contributed by atoms with E-state index in [1.165, 1.54) is 25.7 Å². The highest BCUT2D eigenvalue weighted by Gasteiger charge is 1.96. The Kier molecular flexibility index (Phi) is 7.23. The van der Waals surface area contributed by atoms with Gasteiger partial charge in [-0.1, -0.05) is 52.7 Å². The van der Waals surface area contributed by atoms with Crippen LogP contribution in [-0.2, 0) is 0 Å². The van der Waals surface area contributed by atoms with Crippen molar-refractivity contribution in [2.75, 3.05) is 0 Å². The highest BCUT2D eigenvalue weighted by molar-refractivity contribution is 4.84. The molecule has 0 aliphatic carbocycles. The summed E-state index contributed by atoms with van der Waals surface area (Å²) in [6, 6.07) is 0. The highest BCUT2D eigenvalue weighted by Crippen LogP contribution is 2.11. The molecule has 0 spiro atoms. The Balaban J connectivity index is 3.21. The first kappa shape index (κ1) is 11.7. The SMILES string of the molecule is CCC(C)CCCC=CC(C)C. The quantitative estimate of drug-likeness (QED) is 0.407. The molecule has 0 N–H and O–H groups in total. The summed E-state index contributed by atoms with van der Waals surface area (Å²) in [6.45, 7) is 9.07. The van der Waals surface area contributed by atoms with Gasteiger partial charge < -0.3 is 0 Å². The van der Waals surface area contributed by atoms with Crippen molar-refractivity contribution in [3.8, 4) is 0 Å². The molecular formula is C12H24. The molecule has 0 fully saturated rings. The van der Waals surface area contributed by atoms with Crippen LogP contribution in [-0.4, -0.2) is 0 Å². The predicted molar refractivity (Wildman–Crippen MR) is 57.3 cm³/mol. The Hall–Kier alpha value is -0.260. The lowest BCUT2D eigenvalue weighted by molar-refractivity contribution is 0.498. The van der Waals surface area contributed by atoms with Gasteiger partial charge in [-0.25, -0.2) is 0 Å². The Morgan fingerprint density at radius 1 is 1.17 bits per heavy atom. The van der Waals surface area contributed by atoms with Crippen LogP contribution < -0.4 is 0 Å². The molecular weight excluding hydrogens is 144 g/mol. The van der Waals surface area contributed by atoms with Gasteiger partial charge in [-0.05, 0) is 24.7 Å². The van der Waals surface area contributed by atoms with Gasteiger partial charge in [0.1, 0.15) is 0 Å². The lowest BCUT2D eigenvalue weighted by Crippen LogP contribution is -1.90. The van der Waals surface area contributed by atoms with Crippen LogP contribution in [0.25, 0.3) is 0 Å². The minimum Gasteiger partial charge on any atom is -0.0883 e. The Labute approximate surface area is 78.1 Å². The number of hydrogen-bond donors (Lipinski definition) is 0. The number of hydrogen-bond acceptors (Lipinski definition) is 0. The van der Waals surface area contributed by atoms with Crippen molar-refractivity contribution in [1.82, 2.24) is 0 Å². The molecule has 0 aliphatic heterocycles. The molecule has 0 aliphatic rings. The van der Waals surface area contributed by atoms with Gasteiger partial charge in [0, 0.05) is 0 Å². The molecule has 0 saturated heterocycles. The Morgan fingerprint density at radius 3 is 2.33 bits per heavy atom. The van der Waals surface area contributed by atoms with Crippen molar-refractivity contribution in [3.05, 3.63) is 12.2 Å². The number of allylic oxidation sites excluding steroid dienone is 2. The molecule has 12 heavy (non-hydrogen) atoms. The van der Waals surface area contributed by atoms with Gasteiger partial charge in [0.2, 0.25) is 0 Å². The van der Waals surface area contributed by atoms with E-state index < -0.39 is 0 Å². The molecule has 0 aromatic rings. The van der Waals surface area contributed by atoms with E-state index in [4.69, 9.17) is 0 Å². The van der Waals surface area contributed by atoms with Crippen molar-refractivity contribution in [3.63, 3.8) is 0 Å². The molecule has 72 valence electrons. The molecule has 1 unspecified atom stereocenters. The molecule has 1 atom stereocenters. The van der Waals surface area contributed by atoms with Gasteiger partial charge in [-0.2, -0.15) is 0 Å². The smallest absolute Gasteiger partial charge is 0.0290 e. The van der Waals surface area contributed by atoms with Gasteiger partial charge in [-0.3, -0.25) is 0 Å². The summed E-state index contributed by atoms with van der Waals surface area (Å²) in [5.74, 6) is 1.63. The third-order valence-corrected chi connectivity index (χ3v) is 2.29. The summed E-state index contributed by atoms with van der Waals surface area (Å²) in [4.78, 5) is 0. The fraction of sp³-hybridized carbons (Fsp3) is 0.833. The van der Waals surface area contributed by atoms with Crippen LogP contribution in [0.4, 0.5) is 0 Å². The molecule has 0 aromatic carbocycles. The molecule has 0 radical (unpaired) electrons. The molecule has 0 saturated carbocycles. The molecule has 0 heteroatoms. The van der Waals surface area contributed by atoms with Crippen LogP contribution >= 0.6 is 0 Å². The van der Waals surface area contributed by atoms with E-state index in [0.29, 0.717) is 5.92 Å². The van der Waals surface area contributed by atoms with E-state index in [-0.39, 0.29) is 0 Å². The van der Waals surface area contributed by atoms with Crippen molar-refractivity contribution >= 4 is 0 Å². The van der Waals surface area contributed by atoms with Crippen LogP contribution in [0, 0.1) is 11.8 Å². The molecule has 0 rings (SSSR count). The van der Waals surface area contributed by atoms with Crippen molar-refractivity contribution in [2.24, 2.45) is 11.8 Å². The maximum absolute atomic E-state index is 2.34. The first-order valence-electron chi connectivity index (χ1n) is 5.33. The average molecular weight is 168 g/mol. The van der Waals surface area contributed by atoms with E-state index >= 15 is 0 Å². The molecule has 0 bridgehead atoms. The molecule has 0 aromatic heterocycles. The van der Waals surface area contributed by atoms with Crippen LogP contribution in [0.2, 0.25) is 0 Å². The van der Waals surface area contributed by atoms with E-state index in [1.807, 2.05) is 0 Å². The summed E-state index contributed by atoms with van der Waals surface area (Å²) in [6.07, 6.45) is 9.97. The monoisotopic (exact) mass is 168 g/mol. The predicted octanol–water partition coefficient (Wildman–Crippen LogP) is 4.42. The second-order valence-corrected chi connectivity index (χ2v) is 4.12. The Morgan fingerprint density at radius 2 is 1.83 bits per heavy atom. The summed E-state index contributed by atoms with van der Waals surface area (Å²) >= 11 is 0. The van der Waals surface area contributed by atoms with Crippen molar-refractivity contribution < 1.29 is 0 Å². The zero-order valence-electron chi connectivity index (χ0n) is 9.14. The lowest BCUT2D eigenvalue weighted by Gasteiger charge is -2.05. The maximum atomic E-state index is 2.34. The maximum Gasteiger partial charge on any atom is -0.0290 e. The summed E-state index contributed by atoms with van der Waals surface area (Å²) in [7, 11) is 0. The summed E-state index contributed by atoms with van der Waals surface area (Å²) in [5.41, 5.74) is 0. The van der Waals surface area contributed by atoms with E-state index in [2.05, 4.69) is 39.8 Å². The number of unbranched alkanes of at least 4 members (excludes halogenated alkanes) is 1. The molecule has 0 amide bonds. The largest absolute Gasteiger partial charge is 0.0883 e. The fourth-order valence-corrected chi connectivity index (χ4v) is 1.16. The van der Waals surface area contributed by atoms with Gasteiger partial charge in [0.15, 0.2) is 0 Å². The van der Waals surface area contributed by atoms with Gasteiger partial charge in [0.05, 0.1) is 0 Å². The first-order chi connectivity index (χ1) is 5.66. The Bertz CT molecular complexity index is 111. The lowest BCUT2D eigenvalue weighted by atomic mass is 10.0. The standard InChI is InChI=1S/C12H24/c1-5-12(4)10-8-6-7-9-11(2)3/h7,9,11-12H,5-6,8,10H2,1-4H3. The second kappa shape index (κ2) is 7.39. The van der Waals surface area contributed by atoms with Crippen LogP contribution in [0.3, 0.4) is 0 Å². The second-order valence-electron chi connectivity index (χ2n) is 4.12. The zero-order valence-corrected chi connectivity index (χ0v) is 9.14. The fourth-order valence-electron chi connectivity index (χ4n) is 1.16. The first-order valence-corrected chi connectivity index (χ1v) is 5.33. The number of rotatable bonds is 6. The van der Waals surface area contributed by atoms with Gasteiger partial charge in [-0.15, -0.1) is 0 Å². The van der Waals surface area contributed by atoms with Crippen molar-refractivity contribution in [1.29, 1.82) is 0 Å². The normalized spacial score (nSPS) is 14.4. The highest BCUT2D eigenvalue weighted by atomic mass is 14.0. The minimum absolute atomic E-state index is 0.716. The minimum atomic E-state index is 0.716. The topological polar surface area (TPSA) is 0 Å². The summed E-state index contributed by atoms with van der Waals surface area (Å²) < 4.78 is 0. The third kappa shape index (κ3) is 7.84. The van der Waals surface area contributed by atoms with Crippen LogP contribution in [0.1, 0.15) is 53.4 Å². The third-order valence-electron chi connectivity index (χ3n) is 2.29. The molecule has 0 heterocycles. The van der Waals surface area contributed by atoms with Gasteiger partial charge in [0.25, 0.3) is 0 Å². The van der Waals surface area contributed by atoms with Gasteiger partial charge >= 0.3 is 0 Å². The van der Waals surface area contributed by atoms with Crippen LogP contribution in [0.15, 0.2) is 12.2 Å². The van der Waals surface area contributed by atoms with E-state index in [1.54, 1.807) is 0 Å². The molecule has 0 nitrogen and oxygen atoms in total. The van der Waals surface area contributed by atoms with E-state index in [9.17, 15) is 0 Å². The van der Waals surface area contributed by atoms with E-state index in [0.717, 1.165) is 5.92 Å². The van der Waals surface area contributed by atoms with Crippen molar-refractivity contribution in [2.45, 2.75) is 53.4 Å². The van der Waals surface area contributed by atoms with Crippen LogP contribution in [0.5, 0.6) is 0 Å². The zero-order chi connectivity index (χ0) is 9.40. The average Bonchev–Trinajstić information content (AvgIpc) is 2.03. The summed E-state index contributed by atoms with van der Waals surface area (Å²) in [5, 5.41) is 0.